The van der Waals surface area contributed by atoms with E-state index in [1.54, 1.807) is 0 Å². The van der Waals surface area contributed by atoms with Crippen molar-refractivity contribution in [3.63, 3.8) is 0 Å². The predicted molar refractivity (Wildman–Crippen MR) is 73.9 cm³/mol. The summed E-state index contributed by atoms with van der Waals surface area (Å²) in [5.74, 6) is 0. The molecule has 0 N–H and O–H groups in total. The molecule has 1 aliphatic carbocycles. The van der Waals surface area contributed by atoms with Crippen LogP contribution in [0.2, 0.25) is 0 Å². The van der Waals surface area contributed by atoms with Crippen molar-refractivity contribution in [2.75, 3.05) is 0 Å². The Hall–Kier alpha value is -1.47. The summed E-state index contributed by atoms with van der Waals surface area (Å²) >= 11 is 0. The van der Waals surface area contributed by atoms with E-state index in [9.17, 15) is 4.21 Å². The van der Waals surface area contributed by atoms with E-state index in [2.05, 4.69) is 10.5 Å². The average molecular weight is 260 g/mol. The number of nitrogens with zero attached hydrogens (tertiary/aromatic N) is 2. The van der Waals surface area contributed by atoms with Crippen molar-refractivity contribution in [1.29, 1.82) is 5.26 Å². The highest BCUT2D eigenvalue weighted by atomic mass is 32.2. The third-order valence-electron chi connectivity index (χ3n) is 2.94. The van der Waals surface area contributed by atoms with E-state index in [0.29, 0.717) is 5.56 Å². The molecule has 0 aromatic heterocycles. The molecule has 0 saturated carbocycles. The van der Waals surface area contributed by atoms with Crippen LogP contribution in [0.4, 0.5) is 0 Å². The summed E-state index contributed by atoms with van der Waals surface area (Å²) in [5, 5.41) is 9.05. The molecule has 0 amide bonds. The molecule has 1 aromatic carbocycles. The molecule has 94 valence electrons. The maximum atomic E-state index is 12.0. The monoisotopic (exact) mass is 260 g/mol. The topological polar surface area (TPSA) is 53.2 Å². The maximum absolute atomic E-state index is 12.0. The lowest BCUT2D eigenvalue weighted by Crippen LogP contribution is -2.20. The number of fused-ring (bicyclic) bond motifs is 1. The summed E-state index contributed by atoms with van der Waals surface area (Å²) in [6.07, 6.45) is 1.59. The van der Waals surface area contributed by atoms with Gasteiger partial charge in [-0.3, -0.25) is 0 Å². The molecular weight excluding hydrogens is 244 g/mol. The van der Waals surface area contributed by atoms with Gasteiger partial charge < -0.3 is 0 Å². The van der Waals surface area contributed by atoms with Crippen molar-refractivity contribution in [3.8, 4) is 6.07 Å². The minimum Gasteiger partial charge on any atom is -0.234 e. The molecule has 4 heteroatoms. The Bertz CT molecular complexity index is 576. The van der Waals surface area contributed by atoms with E-state index in [0.717, 1.165) is 29.7 Å². The van der Waals surface area contributed by atoms with Crippen LogP contribution in [0.25, 0.3) is 0 Å². The maximum Gasteiger partial charge on any atom is 0.145 e. The predicted octanol–water partition coefficient (Wildman–Crippen LogP) is 2.76. The molecule has 0 spiro atoms. The average Bonchev–Trinajstić information content (AvgIpc) is 2.71. The second-order valence-electron chi connectivity index (χ2n) is 5.34. The van der Waals surface area contributed by atoms with Gasteiger partial charge in [0.15, 0.2) is 0 Å². The highest BCUT2D eigenvalue weighted by Crippen LogP contribution is 2.27. The van der Waals surface area contributed by atoms with Crippen LogP contribution >= 0.6 is 0 Å². The highest BCUT2D eigenvalue weighted by Gasteiger charge is 2.24. The zero-order valence-electron chi connectivity index (χ0n) is 10.9. The molecule has 1 aromatic rings. The molecule has 0 radical (unpaired) electrons. The van der Waals surface area contributed by atoms with Gasteiger partial charge in [-0.1, -0.05) is 12.1 Å². The summed E-state index contributed by atoms with van der Waals surface area (Å²) in [6.45, 7) is 5.73. The number of benzene rings is 1. The molecule has 0 bridgehead atoms. The summed E-state index contributed by atoms with van der Waals surface area (Å²) in [4.78, 5) is 0. The van der Waals surface area contributed by atoms with E-state index in [-0.39, 0.29) is 4.75 Å². The Labute approximate surface area is 110 Å². The van der Waals surface area contributed by atoms with Gasteiger partial charge in [-0.25, -0.2) is 4.21 Å². The van der Waals surface area contributed by atoms with Crippen LogP contribution in [0, 0.1) is 11.3 Å². The van der Waals surface area contributed by atoms with Crippen LogP contribution in [0.1, 0.15) is 43.9 Å². The molecule has 1 atom stereocenters. The summed E-state index contributed by atoms with van der Waals surface area (Å²) < 4.78 is 16.0. The zero-order valence-corrected chi connectivity index (χ0v) is 11.7. The van der Waals surface area contributed by atoms with Crippen LogP contribution in [0.15, 0.2) is 22.6 Å². The van der Waals surface area contributed by atoms with Crippen LogP contribution in [0.5, 0.6) is 0 Å². The summed E-state index contributed by atoms with van der Waals surface area (Å²) in [5.41, 5.74) is 3.62. The van der Waals surface area contributed by atoms with Gasteiger partial charge in [-0.05, 0) is 45.2 Å². The first-order valence-electron chi connectivity index (χ1n) is 5.95. The van der Waals surface area contributed by atoms with E-state index >= 15 is 0 Å². The lowest BCUT2D eigenvalue weighted by Gasteiger charge is -2.14. The Balaban J connectivity index is 2.42. The molecule has 1 unspecified atom stereocenters. The van der Waals surface area contributed by atoms with Gasteiger partial charge in [-0.2, -0.15) is 9.66 Å². The fourth-order valence-electron chi connectivity index (χ4n) is 1.94. The van der Waals surface area contributed by atoms with Gasteiger partial charge in [0, 0.05) is 5.56 Å². The second kappa shape index (κ2) is 4.66. The third kappa shape index (κ3) is 2.37. The highest BCUT2D eigenvalue weighted by molar-refractivity contribution is 7.85. The number of rotatable bonds is 1. The fraction of sp³-hybridized carbons (Fsp3) is 0.429. The lowest BCUT2D eigenvalue weighted by molar-refractivity contribution is 0.650. The Kier molecular flexibility index (Phi) is 3.36. The molecule has 1 aliphatic rings. The van der Waals surface area contributed by atoms with Crippen molar-refractivity contribution in [2.45, 2.75) is 38.4 Å². The fourth-order valence-corrected chi connectivity index (χ4v) is 2.60. The first kappa shape index (κ1) is 13.0. The van der Waals surface area contributed by atoms with E-state index in [1.807, 2.05) is 39.0 Å². The summed E-state index contributed by atoms with van der Waals surface area (Å²) in [6, 6.07) is 7.84. The first-order valence-corrected chi connectivity index (χ1v) is 7.06. The lowest BCUT2D eigenvalue weighted by atomic mass is 10.0. The van der Waals surface area contributed by atoms with E-state index in [4.69, 9.17) is 5.26 Å². The number of hydrogen-bond donors (Lipinski definition) is 0. The van der Waals surface area contributed by atoms with Crippen molar-refractivity contribution >= 4 is 16.7 Å². The Morgan fingerprint density at radius 3 is 2.67 bits per heavy atom. The van der Waals surface area contributed by atoms with Gasteiger partial charge in [0.05, 0.1) is 22.1 Å². The molecule has 0 fully saturated rings. The molecule has 2 rings (SSSR count). The van der Waals surface area contributed by atoms with Gasteiger partial charge in [0.1, 0.15) is 11.0 Å². The summed E-state index contributed by atoms with van der Waals surface area (Å²) in [7, 11) is -1.24. The normalized spacial score (nSPS) is 18.4. The Morgan fingerprint density at radius 1 is 1.33 bits per heavy atom. The SMILES string of the molecule is CC(C)(C)S(=O)/N=C1/CCc2c(C#N)cccc21. The molecule has 3 nitrogen and oxygen atoms in total. The van der Waals surface area contributed by atoms with Gasteiger partial charge >= 0.3 is 0 Å². The van der Waals surface area contributed by atoms with Crippen LogP contribution in [-0.4, -0.2) is 14.7 Å². The first-order chi connectivity index (χ1) is 8.43. The third-order valence-corrected chi connectivity index (χ3v) is 4.37. The van der Waals surface area contributed by atoms with Crippen LogP contribution in [-0.2, 0) is 17.4 Å². The van der Waals surface area contributed by atoms with Crippen molar-refractivity contribution in [3.05, 3.63) is 34.9 Å². The van der Waals surface area contributed by atoms with Crippen LogP contribution in [0.3, 0.4) is 0 Å². The quantitative estimate of drug-likeness (QED) is 0.779. The largest absolute Gasteiger partial charge is 0.234 e. The zero-order chi connectivity index (χ0) is 13.3. The minimum atomic E-state index is -1.24. The molecular formula is C14H16N2OS. The second-order valence-corrected chi connectivity index (χ2v) is 7.25. The minimum absolute atomic E-state index is 0.345. The molecule has 18 heavy (non-hydrogen) atoms. The van der Waals surface area contributed by atoms with Gasteiger partial charge in [0.25, 0.3) is 0 Å². The van der Waals surface area contributed by atoms with Crippen molar-refractivity contribution in [1.82, 2.24) is 0 Å². The number of hydrogen-bond acceptors (Lipinski definition) is 2. The van der Waals surface area contributed by atoms with Gasteiger partial charge in [-0.15, -0.1) is 0 Å². The molecule has 0 heterocycles. The van der Waals surface area contributed by atoms with Gasteiger partial charge in [0.2, 0.25) is 0 Å². The molecule has 0 saturated heterocycles. The van der Waals surface area contributed by atoms with Crippen molar-refractivity contribution < 1.29 is 4.21 Å². The molecule has 0 aliphatic heterocycles. The standard InChI is InChI=1S/C14H16N2OS/c1-14(2,3)18(17)16-13-8-7-11-10(9-15)5-4-6-12(11)13/h4-6H,7-8H2,1-3H3/b16-13-. The van der Waals surface area contributed by atoms with E-state index < -0.39 is 11.0 Å². The number of nitriles is 1. The van der Waals surface area contributed by atoms with E-state index in [1.165, 1.54) is 0 Å². The smallest absolute Gasteiger partial charge is 0.145 e. The van der Waals surface area contributed by atoms with Crippen LogP contribution < -0.4 is 0 Å². The van der Waals surface area contributed by atoms with Crippen molar-refractivity contribution in [2.24, 2.45) is 4.40 Å². The Morgan fingerprint density at radius 2 is 2.06 bits per heavy atom.